The van der Waals surface area contributed by atoms with Crippen LogP contribution >= 0.6 is 12.4 Å². The summed E-state index contributed by atoms with van der Waals surface area (Å²) < 4.78 is 23.2. The van der Waals surface area contributed by atoms with Crippen molar-refractivity contribution in [3.63, 3.8) is 0 Å². The maximum atomic E-state index is 10.4. The van der Waals surface area contributed by atoms with Gasteiger partial charge in [0.15, 0.2) is 0 Å². The fraction of sp³-hybridized carbons (Fsp3) is 1.00. The number of nitrogens with two attached hydrogens (primary N) is 1. The predicted molar refractivity (Wildman–Crippen MR) is 44.8 cm³/mol. The molecule has 0 radical (unpaired) electrons. The zero-order chi connectivity index (χ0) is 7.61. The minimum Gasteiger partial charge on any atom is -0.315 e. The summed E-state index contributed by atoms with van der Waals surface area (Å²) in [6, 6.07) is -0.0185. The Morgan fingerprint density at radius 1 is 1.55 bits per heavy atom. The number of halogens is 1. The van der Waals surface area contributed by atoms with E-state index in [2.05, 4.69) is 10.0 Å². The lowest BCUT2D eigenvalue weighted by atomic mass is 10.3. The summed E-state index contributed by atoms with van der Waals surface area (Å²) in [4.78, 5) is 0. The van der Waals surface area contributed by atoms with Gasteiger partial charge in [-0.1, -0.05) is 0 Å². The zero-order valence-corrected chi connectivity index (χ0v) is 7.54. The van der Waals surface area contributed by atoms with Gasteiger partial charge in [-0.25, -0.2) is 5.14 Å². The van der Waals surface area contributed by atoms with Gasteiger partial charge in [-0.3, -0.25) is 0 Å². The lowest BCUT2D eigenvalue weighted by Gasteiger charge is -2.06. The van der Waals surface area contributed by atoms with Gasteiger partial charge in [-0.05, 0) is 13.0 Å². The first kappa shape index (κ1) is 11.1. The van der Waals surface area contributed by atoms with Crippen LogP contribution in [-0.2, 0) is 10.2 Å². The van der Waals surface area contributed by atoms with Crippen molar-refractivity contribution in [1.29, 1.82) is 0 Å². The lowest BCUT2D eigenvalue weighted by molar-refractivity contribution is 0.562. The first-order valence-electron chi connectivity index (χ1n) is 3.09. The number of nitrogens with one attached hydrogen (secondary N) is 2. The van der Waals surface area contributed by atoms with E-state index >= 15 is 0 Å². The highest BCUT2D eigenvalue weighted by Gasteiger charge is 2.17. The average molecular weight is 202 g/mol. The van der Waals surface area contributed by atoms with Crippen LogP contribution in [0.15, 0.2) is 0 Å². The Labute approximate surface area is 72.3 Å². The van der Waals surface area contributed by atoms with Gasteiger partial charge in [0.25, 0.3) is 10.2 Å². The number of hydrogen-bond donors (Lipinski definition) is 3. The Kier molecular flexibility index (Phi) is 4.27. The SMILES string of the molecule is Cl.NS(=O)(=O)NC1CCNC1. The summed E-state index contributed by atoms with van der Waals surface area (Å²) >= 11 is 0. The summed E-state index contributed by atoms with van der Waals surface area (Å²) in [5.74, 6) is 0. The second kappa shape index (κ2) is 4.22. The molecule has 0 aromatic rings. The molecule has 1 heterocycles. The molecule has 1 rings (SSSR count). The smallest absolute Gasteiger partial charge is 0.274 e. The summed E-state index contributed by atoms with van der Waals surface area (Å²) in [5.41, 5.74) is 0. The van der Waals surface area contributed by atoms with Crippen LogP contribution in [0.2, 0.25) is 0 Å². The van der Waals surface area contributed by atoms with Gasteiger partial charge in [0, 0.05) is 12.6 Å². The molecule has 0 saturated carbocycles. The fourth-order valence-electron chi connectivity index (χ4n) is 0.988. The zero-order valence-electron chi connectivity index (χ0n) is 5.91. The van der Waals surface area contributed by atoms with E-state index in [0.717, 1.165) is 13.0 Å². The van der Waals surface area contributed by atoms with Gasteiger partial charge in [-0.2, -0.15) is 13.1 Å². The van der Waals surface area contributed by atoms with Crippen molar-refractivity contribution in [2.75, 3.05) is 13.1 Å². The van der Waals surface area contributed by atoms with Gasteiger partial charge < -0.3 is 5.32 Å². The molecule has 1 fully saturated rings. The van der Waals surface area contributed by atoms with Crippen molar-refractivity contribution in [2.45, 2.75) is 12.5 Å². The molecular formula is C4H12ClN3O2S. The van der Waals surface area contributed by atoms with Crippen molar-refractivity contribution < 1.29 is 8.42 Å². The van der Waals surface area contributed by atoms with Gasteiger partial charge in [0.05, 0.1) is 0 Å². The molecule has 0 bridgehead atoms. The quantitative estimate of drug-likeness (QED) is 0.512. The van der Waals surface area contributed by atoms with E-state index < -0.39 is 10.2 Å². The molecule has 68 valence electrons. The van der Waals surface area contributed by atoms with Crippen LogP contribution in [0.1, 0.15) is 6.42 Å². The van der Waals surface area contributed by atoms with Crippen molar-refractivity contribution >= 4 is 22.6 Å². The Morgan fingerprint density at radius 3 is 2.55 bits per heavy atom. The molecule has 7 heteroatoms. The standard InChI is InChI=1S/C4H11N3O2S.ClH/c5-10(8,9)7-4-1-2-6-3-4;/h4,6-7H,1-3H2,(H2,5,8,9);1H. The monoisotopic (exact) mass is 201 g/mol. The van der Waals surface area contributed by atoms with E-state index in [1.165, 1.54) is 0 Å². The molecule has 5 nitrogen and oxygen atoms in total. The molecule has 1 saturated heterocycles. The van der Waals surface area contributed by atoms with Crippen LogP contribution in [0.4, 0.5) is 0 Å². The second-order valence-electron chi connectivity index (χ2n) is 2.35. The third kappa shape index (κ3) is 4.54. The molecule has 0 aromatic carbocycles. The van der Waals surface area contributed by atoms with E-state index in [1.54, 1.807) is 0 Å². The van der Waals surface area contributed by atoms with Crippen LogP contribution in [0.25, 0.3) is 0 Å². The van der Waals surface area contributed by atoms with E-state index in [1.807, 2.05) is 0 Å². The molecule has 1 unspecified atom stereocenters. The highest BCUT2D eigenvalue weighted by molar-refractivity contribution is 7.87. The van der Waals surface area contributed by atoms with Crippen molar-refractivity contribution in [1.82, 2.24) is 10.0 Å². The topological polar surface area (TPSA) is 84.2 Å². The molecule has 0 aromatic heterocycles. The van der Waals surface area contributed by atoms with E-state index in [4.69, 9.17) is 5.14 Å². The van der Waals surface area contributed by atoms with Crippen molar-refractivity contribution in [2.24, 2.45) is 5.14 Å². The maximum Gasteiger partial charge on any atom is 0.274 e. The average Bonchev–Trinajstić information content (AvgIpc) is 2.12. The highest BCUT2D eigenvalue weighted by Crippen LogP contribution is 1.96. The third-order valence-corrected chi connectivity index (χ3v) is 2.05. The van der Waals surface area contributed by atoms with Gasteiger partial charge in [-0.15, -0.1) is 12.4 Å². The van der Waals surface area contributed by atoms with Gasteiger partial charge >= 0.3 is 0 Å². The normalized spacial score (nSPS) is 24.6. The molecule has 0 aliphatic carbocycles. The molecule has 4 N–H and O–H groups in total. The van der Waals surface area contributed by atoms with Crippen LogP contribution in [0, 0.1) is 0 Å². The summed E-state index contributed by atoms with van der Waals surface area (Å²) in [5, 5.41) is 7.76. The van der Waals surface area contributed by atoms with Gasteiger partial charge in [0.2, 0.25) is 0 Å². The minimum absolute atomic E-state index is 0. The first-order valence-corrected chi connectivity index (χ1v) is 4.63. The minimum atomic E-state index is -3.50. The van der Waals surface area contributed by atoms with Crippen LogP contribution < -0.4 is 15.2 Å². The second-order valence-corrected chi connectivity index (χ2v) is 3.68. The molecule has 1 atom stereocenters. The van der Waals surface area contributed by atoms with Crippen LogP contribution in [0.5, 0.6) is 0 Å². The molecular weight excluding hydrogens is 190 g/mol. The highest BCUT2D eigenvalue weighted by atomic mass is 35.5. The number of hydrogen-bond acceptors (Lipinski definition) is 3. The van der Waals surface area contributed by atoms with E-state index in [0.29, 0.717) is 6.54 Å². The number of rotatable bonds is 2. The summed E-state index contributed by atoms with van der Waals surface area (Å²) in [6.07, 6.45) is 0.816. The molecule has 1 aliphatic heterocycles. The molecule has 0 amide bonds. The van der Waals surface area contributed by atoms with Crippen molar-refractivity contribution in [3.8, 4) is 0 Å². The predicted octanol–water partition coefficient (Wildman–Crippen LogP) is -1.44. The Morgan fingerprint density at radius 2 is 2.18 bits per heavy atom. The Hall–Kier alpha value is 0.120. The third-order valence-electron chi connectivity index (χ3n) is 1.39. The lowest BCUT2D eigenvalue weighted by Crippen LogP contribution is -2.40. The van der Waals surface area contributed by atoms with Crippen LogP contribution in [0.3, 0.4) is 0 Å². The maximum absolute atomic E-state index is 10.4. The largest absolute Gasteiger partial charge is 0.315 e. The molecule has 11 heavy (non-hydrogen) atoms. The summed E-state index contributed by atoms with van der Waals surface area (Å²) in [7, 11) is -3.50. The molecule has 0 spiro atoms. The van der Waals surface area contributed by atoms with Gasteiger partial charge in [0.1, 0.15) is 0 Å². The summed E-state index contributed by atoms with van der Waals surface area (Å²) in [6.45, 7) is 1.53. The van der Waals surface area contributed by atoms with Crippen molar-refractivity contribution in [3.05, 3.63) is 0 Å². The van der Waals surface area contributed by atoms with E-state index in [9.17, 15) is 8.42 Å². The molecule has 1 aliphatic rings. The first-order chi connectivity index (χ1) is 4.58. The Balaban J connectivity index is 0.000001000. The Bertz CT molecular complexity index is 199. The fourth-order valence-corrected chi connectivity index (χ4v) is 1.65. The van der Waals surface area contributed by atoms with E-state index in [-0.39, 0.29) is 18.4 Å². The van der Waals surface area contributed by atoms with Crippen LogP contribution in [-0.4, -0.2) is 27.5 Å².